The third kappa shape index (κ3) is 2.57. The van der Waals surface area contributed by atoms with E-state index < -0.39 is 22.8 Å². The van der Waals surface area contributed by atoms with Gasteiger partial charge in [0.25, 0.3) is 11.6 Å². The summed E-state index contributed by atoms with van der Waals surface area (Å²) in [4.78, 5) is 34.6. The Kier molecular flexibility index (Phi) is 3.89. The lowest BCUT2D eigenvalue weighted by molar-refractivity contribution is -0.384. The molecule has 1 aromatic carbocycles. The molecule has 1 N–H and O–H groups in total. The number of carbonyl (C=O) groups excluding carboxylic acids is 1. The van der Waals surface area contributed by atoms with Crippen molar-refractivity contribution in [2.75, 3.05) is 6.54 Å². The van der Waals surface area contributed by atoms with E-state index in [0.717, 1.165) is 6.07 Å². The fourth-order valence-corrected chi connectivity index (χ4v) is 2.47. The summed E-state index contributed by atoms with van der Waals surface area (Å²) >= 11 is 5.87. The van der Waals surface area contributed by atoms with Crippen molar-refractivity contribution in [2.24, 2.45) is 0 Å². The molecule has 0 spiro atoms. The van der Waals surface area contributed by atoms with Crippen molar-refractivity contribution < 1.29 is 19.6 Å². The molecule has 0 radical (unpaired) electrons. The van der Waals surface area contributed by atoms with Crippen molar-refractivity contribution in [1.29, 1.82) is 0 Å². The lowest BCUT2D eigenvalue weighted by Crippen LogP contribution is -2.40. The van der Waals surface area contributed by atoms with Gasteiger partial charge in [0.15, 0.2) is 0 Å². The monoisotopic (exact) mass is 298 g/mol. The van der Waals surface area contributed by atoms with Gasteiger partial charge in [0.2, 0.25) is 0 Å². The largest absolute Gasteiger partial charge is 0.480 e. The van der Waals surface area contributed by atoms with Gasteiger partial charge in [0.1, 0.15) is 6.04 Å². The number of non-ortho nitro benzene ring substituents is 1. The van der Waals surface area contributed by atoms with Crippen LogP contribution in [0.5, 0.6) is 0 Å². The Balaban J connectivity index is 2.29. The van der Waals surface area contributed by atoms with Gasteiger partial charge < -0.3 is 10.0 Å². The van der Waals surface area contributed by atoms with Gasteiger partial charge in [-0.3, -0.25) is 14.9 Å². The summed E-state index contributed by atoms with van der Waals surface area (Å²) in [7, 11) is 0. The number of likely N-dealkylation sites (tertiary alicyclic amines) is 1. The molecular formula is C12H11ClN2O5. The van der Waals surface area contributed by atoms with Crippen LogP contribution in [0.1, 0.15) is 23.2 Å². The van der Waals surface area contributed by atoms with Crippen molar-refractivity contribution in [2.45, 2.75) is 18.9 Å². The molecule has 1 fully saturated rings. The maximum Gasteiger partial charge on any atom is 0.326 e. The van der Waals surface area contributed by atoms with Crippen LogP contribution >= 0.6 is 11.6 Å². The maximum absolute atomic E-state index is 12.3. The number of carbonyl (C=O) groups is 2. The van der Waals surface area contributed by atoms with Gasteiger partial charge in [-0.15, -0.1) is 0 Å². The fraction of sp³-hybridized carbons (Fsp3) is 0.333. The summed E-state index contributed by atoms with van der Waals surface area (Å²) in [6.07, 6.45) is 0.999. The number of carboxylic acid groups (broad SMARTS) is 1. The summed E-state index contributed by atoms with van der Waals surface area (Å²) in [6, 6.07) is 2.64. The molecule has 1 unspecified atom stereocenters. The Hall–Kier alpha value is -2.15. The zero-order valence-electron chi connectivity index (χ0n) is 10.3. The van der Waals surface area contributed by atoms with Gasteiger partial charge >= 0.3 is 5.97 Å². The van der Waals surface area contributed by atoms with Gasteiger partial charge in [-0.1, -0.05) is 11.6 Å². The molecule has 8 heteroatoms. The van der Waals surface area contributed by atoms with Gasteiger partial charge in [0.05, 0.1) is 15.5 Å². The molecule has 1 aliphatic heterocycles. The smallest absolute Gasteiger partial charge is 0.326 e. The molecule has 1 heterocycles. The molecular weight excluding hydrogens is 288 g/mol. The summed E-state index contributed by atoms with van der Waals surface area (Å²) in [5.74, 6) is -1.58. The maximum atomic E-state index is 12.3. The number of carboxylic acids is 1. The van der Waals surface area contributed by atoms with Crippen molar-refractivity contribution in [3.05, 3.63) is 38.9 Å². The van der Waals surface area contributed by atoms with E-state index in [1.165, 1.54) is 17.0 Å². The molecule has 106 valence electrons. The topological polar surface area (TPSA) is 101 Å². The molecule has 0 saturated carbocycles. The van der Waals surface area contributed by atoms with E-state index in [9.17, 15) is 19.7 Å². The lowest BCUT2D eigenvalue weighted by Gasteiger charge is -2.21. The van der Waals surface area contributed by atoms with Gasteiger partial charge in [-0.25, -0.2) is 4.79 Å². The van der Waals surface area contributed by atoms with Crippen LogP contribution in [-0.4, -0.2) is 39.4 Å². The molecule has 0 aliphatic carbocycles. The highest BCUT2D eigenvalue weighted by Crippen LogP contribution is 2.27. The van der Waals surface area contributed by atoms with Crippen molar-refractivity contribution in [3.8, 4) is 0 Å². The number of halogens is 1. The van der Waals surface area contributed by atoms with Crippen LogP contribution in [0.4, 0.5) is 5.69 Å². The second-order valence-electron chi connectivity index (χ2n) is 4.42. The van der Waals surface area contributed by atoms with Crippen molar-refractivity contribution >= 4 is 29.2 Å². The van der Waals surface area contributed by atoms with E-state index in [-0.39, 0.29) is 16.3 Å². The first kappa shape index (κ1) is 14.3. The standard InChI is InChI=1S/C12H11ClN2O5/c13-9-6-7(15(19)20)3-4-8(9)11(16)14-5-1-2-10(14)12(17)18/h3-4,6,10H,1-2,5H2,(H,17,18). The number of nitro groups is 1. The number of amides is 1. The third-order valence-corrected chi connectivity index (χ3v) is 3.51. The first-order chi connectivity index (χ1) is 9.41. The number of hydrogen-bond donors (Lipinski definition) is 1. The van der Waals surface area contributed by atoms with Gasteiger partial charge in [0, 0.05) is 18.7 Å². The summed E-state index contributed by atoms with van der Waals surface area (Å²) in [6.45, 7) is 0.336. The highest BCUT2D eigenvalue weighted by Gasteiger charge is 2.35. The molecule has 1 aromatic rings. The van der Waals surface area contributed by atoms with E-state index in [2.05, 4.69) is 0 Å². The predicted octanol–water partition coefficient (Wildman–Crippen LogP) is 1.94. The summed E-state index contributed by atoms with van der Waals surface area (Å²) in [5, 5.41) is 19.6. The van der Waals surface area contributed by atoms with Crippen LogP contribution in [0.2, 0.25) is 5.02 Å². The van der Waals surface area contributed by atoms with Gasteiger partial charge in [-0.2, -0.15) is 0 Å². The van der Waals surface area contributed by atoms with Gasteiger partial charge in [-0.05, 0) is 18.9 Å². The number of nitro benzene ring substituents is 1. The molecule has 1 amide bonds. The fourth-order valence-electron chi connectivity index (χ4n) is 2.21. The highest BCUT2D eigenvalue weighted by atomic mass is 35.5. The molecule has 1 atom stereocenters. The lowest BCUT2D eigenvalue weighted by atomic mass is 10.1. The summed E-state index contributed by atoms with van der Waals surface area (Å²) in [5.41, 5.74) is -0.145. The predicted molar refractivity (Wildman–Crippen MR) is 69.8 cm³/mol. The van der Waals surface area contributed by atoms with Crippen LogP contribution in [0.3, 0.4) is 0 Å². The van der Waals surface area contributed by atoms with Crippen LogP contribution in [-0.2, 0) is 4.79 Å². The number of hydrogen-bond acceptors (Lipinski definition) is 4. The zero-order chi connectivity index (χ0) is 14.9. The molecule has 0 bridgehead atoms. The van der Waals surface area contributed by atoms with E-state index >= 15 is 0 Å². The van der Waals surface area contributed by atoms with E-state index in [4.69, 9.17) is 16.7 Å². The quantitative estimate of drug-likeness (QED) is 0.679. The number of benzene rings is 1. The Morgan fingerprint density at radius 2 is 2.15 bits per heavy atom. The number of rotatable bonds is 3. The van der Waals surface area contributed by atoms with Crippen molar-refractivity contribution in [1.82, 2.24) is 4.90 Å². The minimum absolute atomic E-state index is 0.0553. The Bertz CT molecular complexity index is 589. The van der Waals surface area contributed by atoms with Crippen LogP contribution in [0.25, 0.3) is 0 Å². The third-order valence-electron chi connectivity index (χ3n) is 3.19. The normalized spacial score (nSPS) is 18.1. The number of nitrogens with zero attached hydrogens (tertiary/aromatic N) is 2. The zero-order valence-corrected chi connectivity index (χ0v) is 11.0. The highest BCUT2D eigenvalue weighted by molar-refractivity contribution is 6.34. The average Bonchev–Trinajstić information content (AvgIpc) is 2.87. The molecule has 1 aliphatic rings. The average molecular weight is 299 g/mol. The first-order valence-corrected chi connectivity index (χ1v) is 6.27. The molecule has 20 heavy (non-hydrogen) atoms. The summed E-state index contributed by atoms with van der Waals surface area (Å²) < 4.78 is 0. The number of aliphatic carboxylic acids is 1. The van der Waals surface area contributed by atoms with Crippen LogP contribution < -0.4 is 0 Å². The SMILES string of the molecule is O=C(O)C1CCCN1C(=O)c1ccc([N+](=O)[O-])cc1Cl. The second kappa shape index (κ2) is 5.46. The van der Waals surface area contributed by atoms with Crippen LogP contribution in [0.15, 0.2) is 18.2 Å². The minimum Gasteiger partial charge on any atom is -0.480 e. The van der Waals surface area contributed by atoms with E-state index in [1.54, 1.807) is 0 Å². The van der Waals surface area contributed by atoms with E-state index in [0.29, 0.717) is 19.4 Å². The van der Waals surface area contributed by atoms with E-state index in [1.807, 2.05) is 0 Å². The molecule has 0 aromatic heterocycles. The Morgan fingerprint density at radius 3 is 2.70 bits per heavy atom. The van der Waals surface area contributed by atoms with Crippen molar-refractivity contribution in [3.63, 3.8) is 0 Å². The second-order valence-corrected chi connectivity index (χ2v) is 4.82. The Morgan fingerprint density at radius 1 is 1.45 bits per heavy atom. The Labute approximate surface area is 118 Å². The molecule has 2 rings (SSSR count). The molecule has 1 saturated heterocycles. The first-order valence-electron chi connectivity index (χ1n) is 5.89. The van der Waals surface area contributed by atoms with Crippen LogP contribution in [0, 0.1) is 10.1 Å². The minimum atomic E-state index is -1.06. The molecule has 7 nitrogen and oxygen atoms in total.